The highest BCUT2D eigenvalue weighted by molar-refractivity contribution is 7.17. The van der Waals surface area contributed by atoms with E-state index in [-0.39, 0.29) is 12.4 Å². The Kier molecular flexibility index (Phi) is 10.6. The first-order valence-corrected chi connectivity index (χ1v) is 12.8. The number of unbranched alkanes of at least 4 members (excludes halogenated alkanes) is 4. The van der Waals surface area contributed by atoms with Gasteiger partial charge in [0.1, 0.15) is 21.5 Å². The Hall–Kier alpha value is -3.21. The molecule has 0 bridgehead atoms. The highest BCUT2D eigenvalue weighted by atomic mass is 32.1. The number of carbonyl (C=O) groups is 1. The Balaban J connectivity index is 1.52. The lowest BCUT2D eigenvalue weighted by Crippen LogP contribution is -2.05. The van der Waals surface area contributed by atoms with Gasteiger partial charge in [0.15, 0.2) is 0 Å². The van der Waals surface area contributed by atoms with Crippen LogP contribution >= 0.6 is 11.3 Å². The van der Waals surface area contributed by atoms with Gasteiger partial charge in [0.25, 0.3) is 0 Å². The van der Waals surface area contributed by atoms with E-state index in [1.165, 1.54) is 24.2 Å². The molecule has 0 radical (unpaired) electrons. The Labute approximate surface area is 206 Å². The smallest absolute Gasteiger partial charge is 0.315 e. The molecule has 6 heteroatoms. The minimum atomic E-state index is -0.303. The maximum atomic E-state index is 12.0. The molecule has 3 aromatic rings. The first-order chi connectivity index (χ1) is 16.7. The SMILES string of the molecule is CCCCCC=C=CCC(=O)Oc1ccc(-c2nnc(-c3ccc(OCCCC)cc3)s2)cc1. The maximum absolute atomic E-state index is 12.0. The quantitative estimate of drug-likeness (QED) is 0.110. The van der Waals surface area contributed by atoms with Gasteiger partial charge in [-0.25, -0.2) is 0 Å². The average molecular weight is 477 g/mol. The molecule has 2 aromatic carbocycles. The summed E-state index contributed by atoms with van der Waals surface area (Å²) in [6.45, 7) is 5.06. The highest BCUT2D eigenvalue weighted by Gasteiger charge is 2.10. The van der Waals surface area contributed by atoms with Crippen molar-refractivity contribution in [3.8, 4) is 32.6 Å². The summed E-state index contributed by atoms with van der Waals surface area (Å²) in [6.07, 6.45) is 10.6. The maximum Gasteiger partial charge on any atom is 0.315 e. The molecule has 0 amide bonds. The zero-order valence-electron chi connectivity index (χ0n) is 20.0. The topological polar surface area (TPSA) is 61.3 Å². The first kappa shape index (κ1) is 25.4. The minimum Gasteiger partial charge on any atom is -0.494 e. The Morgan fingerprint density at radius 1 is 0.853 bits per heavy atom. The van der Waals surface area contributed by atoms with Crippen LogP contribution in [-0.4, -0.2) is 22.8 Å². The van der Waals surface area contributed by atoms with E-state index in [0.29, 0.717) is 5.75 Å². The molecule has 0 aliphatic carbocycles. The minimum absolute atomic E-state index is 0.203. The van der Waals surface area contributed by atoms with Crippen LogP contribution in [-0.2, 0) is 4.79 Å². The molecule has 0 aliphatic rings. The van der Waals surface area contributed by atoms with Crippen LogP contribution in [0.4, 0.5) is 0 Å². The van der Waals surface area contributed by atoms with E-state index in [0.717, 1.165) is 59.2 Å². The molecule has 0 N–H and O–H groups in total. The Morgan fingerprint density at radius 2 is 1.47 bits per heavy atom. The summed E-state index contributed by atoms with van der Waals surface area (Å²) in [5, 5.41) is 10.3. The summed E-state index contributed by atoms with van der Waals surface area (Å²) in [5.74, 6) is 1.07. The van der Waals surface area contributed by atoms with Crippen molar-refractivity contribution in [1.29, 1.82) is 0 Å². The number of hydrogen-bond acceptors (Lipinski definition) is 6. The van der Waals surface area contributed by atoms with Crippen LogP contribution in [0.2, 0.25) is 0 Å². The zero-order valence-corrected chi connectivity index (χ0v) is 20.8. The van der Waals surface area contributed by atoms with E-state index in [1.54, 1.807) is 18.2 Å². The average Bonchev–Trinajstić information content (AvgIpc) is 3.35. The van der Waals surface area contributed by atoms with Gasteiger partial charge in [-0.2, -0.15) is 0 Å². The van der Waals surface area contributed by atoms with E-state index in [2.05, 4.69) is 29.8 Å². The fourth-order valence-corrected chi connectivity index (χ4v) is 3.98. The normalized spacial score (nSPS) is 10.4. The highest BCUT2D eigenvalue weighted by Crippen LogP contribution is 2.31. The third-order valence-electron chi connectivity index (χ3n) is 5.08. The summed E-state index contributed by atoms with van der Waals surface area (Å²) in [6, 6.07) is 15.3. The van der Waals surface area contributed by atoms with Crippen LogP contribution in [0.15, 0.2) is 66.4 Å². The lowest BCUT2D eigenvalue weighted by molar-refractivity contribution is -0.133. The second kappa shape index (κ2) is 14.1. The molecule has 0 unspecified atom stereocenters. The van der Waals surface area contributed by atoms with Crippen LogP contribution in [0, 0.1) is 0 Å². The lowest BCUT2D eigenvalue weighted by atomic mass is 10.2. The van der Waals surface area contributed by atoms with Crippen molar-refractivity contribution in [2.24, 2.45) is 0 Å². The molecule has 1 aromatic heterocycles. The van der Waals surface area contributed by atoms with Crippen LogP contribution in [0.1, 0.15) is 58.8 Å². The van der Waals surface area contributed by atoms with Crippen molar-refractivity contribution in [2.45, 2.75) is 58.8 Å². The van der Waals surface area contributed by atoms with Crippen molar-refractivity contribution in [3.05, 3.63) is 66.4 Å². The predicted molar refractivity (Wildman–Crippen MR) is 138 cm³/mol. The molecule has 0 atom stereocenters. The van der Waals surface area contributed by atoms with E-state index >= 15 is 0 Å². The van der Waals surface area contributed by atoms with Crippen molar-refractivity contribution in [1.82, 2.24) is 10.2 Å². The molecule has 0 aliphatic heterocycles. The molecular weight excluding hydrogens is 444 g/mol. The van der Waals surface area contributed by atoms with Gasteiger partial charge in [-0.3, -0.25) is 4.79 Å². The number of ether oxygens (including phenoxy) is 2. The van der Waals surface area contributed by atoms with Gasteiger partial charge in [-0.1, -0.05) is 44.4 Å². The summed E-state index contributed by atoms with van der Waals surface area (Å²) in [5.41, 5.74) is 4.98. The van der Waals surface area contributed by atoms with Gasteiger partial charge in [-0.15, -0.1) is 15.9 Å². The first-order valence-electron chi connectivity index (χ1n) is 12.0. The summed E-state index contributed by atoms with van der Waals surface area (Å²) in [7, 11) is 0. The van der Waals surface area contributed by atoms with E-state index < -0.39 is 0 Å². The second-order valence-electron chi connectivity index (χ2n) is 7.91. The van der Waals surface area contributed by atoms with Crippen molar-refractivity contribution >= 4 is 17.3 Å². The molecule has 0 spiro atoms. The van der Waals surface area contributed by atoms with Crippen LogP contribution in [0.5, 0.6) is 11.5 Å². The van der Waals surface area contributed by atoms with E-state index in [1.807, 2.05) is 42.5 Å². The summed E-state index contributed by atoms with van der Waals surface area (Å²) < 4.78 is 11.1. The molecule has 3 rings (SSSR count). The number of carbonyl (C=O) groups excluding carboxylic acids is 1. The third-order valence-corrected chi connectivity index (χ3v) is 6.10. The van der Waals surface area contributed by atoms with Gasteiger partial charge >= 0.3 is 5.97 Å². The molecule has 1 heterocycles. The van der Waals surface area contributed by atoms with Gasteiger partial charge in [-0.05, 0) is 79.9 Å². The number of nitrogens with zero attached hydrogens (tertiary/aromatic N) is 2. The fraction of sp³-hybridized carbons (Fsp3) is 0.357. The van der Waals surface area contributed by atoms with Crippen molar-refractivity contribution < 1.29 is 14.3 Å². The summed E-state index contributed by atoms with van der Waals surface area (Å²) in [4.78, 5) is 12.0. The number of aromatic nitrogens is 2. The molecular formula is C28H32N2O3S. The standard InChI is InChI=1S/C28H32N2O3S/c1-3-5-7-8-9-10-11-12-26(31)33-25-19-15-23(16-20-25)28-30-29-27(34-28)22-13-17-24(18-14-22)32-21-6-4-2/h9,11,13-20H,3-8,12,21H2,1-2H3. The van der Waals surface area contributed by atoms with Crippen LogP contribution in [0.3, 0.4) is 0 Å². The monoisotopic (exact) mass is 476 g/mol. The molecule has 0 saturated heterocycles. The number of rotatable bonds is 13. The van der Waals surface area contributed by atoms with Crippen LogP contribution in [0.25, 0.3) is 21.1 Å². The van der Waals surface area contributed by atoms with Crippen molar-refractivity contribution in [3.63, 3.8) is 0 Å². The van der Waals surface area contributed by atoms with E-state index in [9.17, 15) is 4.79 Å². The largest absolute Gasteiger partial charge is 0.494 e. The summed E-state index contributed by atoms with van der Waals surface area (Å²) >= 11 is 1.52. The van der Waals surface area contributed by atoms with Gasteiger partial charge in [0.2, 0.25) is 0 Å². The molecule has 34 heavy (non-hydrogen) atoms. The number of esters is 1. The van der Waals surface area contributed by atoms with Crippen molar-refractivity contribution in [2.75, 3.05) is 6.61 Å². The van der Waals surface area contributed by atoms with Gasteiger partial charge < -0.3 is 9.47 Å². The second-order valence-corrected chi connectivity index (χ2v) is 8.89. The lowest BCUT2D eigenvalue weighted by Gasteiger charge is -2.05. The Morgan fingerprint density at radius 3 is 2.09 bits per heavy atom. The number of hydrogen-bond donors (Lipinski definition) is 0. The van der Waals surface area contributed by atoms with E-state index in [4.69, 9.17) is 9.47 Å². The number of benzene rings is 2. The van der Waals surface area contributed by atoms with Gasteiger partial charge in [0.05, 0.1) is 13.0 Å². The molecule has 0 saturated carbocycles. The fourth-order valence-electron chi connectivity index (χ4n) is 3.13. The third kappa shape index (κ3) is 8.29. The Bertz CT molecular complexity index is 1080. The predicted octanol–water partition coefficient (Wildman–Crippen LogP) is 7.64. The van der Waals surface area contributed by atoms with Gasteiger partial charge in [0, 0.05) is 11.1 Å². The zero-order chi connectivity index (χ0) is 24.0. The molecule has 178 valence electrons. The van der Waals surface area contributed by atoms with Crippen LogP contribution < -0.4 is 9.47 Å². The molecule has 5 nitrogen and oxygen atoms in total. The molecule has 0 fully saturated rings.